The Kier molecular flexibility index (Phi) is 4.68. The van der Waals surface area contributed by atoms with Gasteiger partial charge in [0.15, 0.2) is 11.6 Å². The second-order valence-corrected chi connectivity index (χ2v) is 5.15. The highest BCUT2D eigenvalue weighted by Crippen LogP contribution is 2.19. The molecule has 1 saturated heterocycles. The molecule has 1 aromatic heterocycles. The molecule has 0 radical (unpaired) electrons. The maximum Gasteiger partial charge on any atom is 0.254 e. The molecule has 3 rings (SSSR count). The van der Waals surface area contributed by atoms with Gasteiger partial charge in [0.25, 0.3) is 5.91 Å². The van der Waals surface area contributed by atoms with Crippen molar-refractivity contribution in [3.8, 4) is 5.75 Å². The number of nitrogens with one attached hydrogen (secondary N) is 2. The fraction of sp³-hybridized carbons (Fsp3) is 0.312. The summed E-state index contributed by atoms with van der Waals surface area (Å²) >= 11 is 0. The van der Waals surface area contributed by atoms with Crippen LogP contribution in [-0.4, -0.2) is 35.9 Å². The minimum absolute atomic E-state index is 0.173. The first-order chi connectivity index (χ1) is 11.2. The number of carbonyl (C=O) groups excluding carboxylic acids is 1. The van der Waals surface area contributed by atoms with Crippen LogP contribution < -0.4 is 15.4 Å². The topological polar surface area (TPSA) is 85.4 Å². The van der Waals surface area contributed by atoms with Gasteiger partial charge in [-0.2, -0.15) is 0 Å². The van der Waals surface area contributed by atoms with E-state index in [0.29, 0.717) is 18.2 Å². The van der Waals surface area contributed by atoms with E-state index in [-0.39, 0.29) is 12.0 Å². The Morgan fingerprint density at radius 1 is 1.17 bits per heavy atom. The molecule has 2 heterocycles. The number of amides is 1. The van der Waals surface area contributed by atoms with Crippen LogP contribution in [0.1, 0.15) is 12.8 Å². The molecule has 1 atom stereocenters. The van der Waals surface area contributed by atoms with Gasteiger partial charge in [0.2, 0.25) is 0 Å². The Morgan fingerprint density at radius 3 is 2.52 bits per heavy atom. The van der Waals surface area contributed by atoms with E-state index in [1.165, 1.54) is 0 Å². The summed E-state index contributed by atoms with van der Waals surface area (Å²) in [5, 5.41) is 13.9. The van der Waals surface area contributed by atoms with Gasteiger partial charge in [0, 0.05) is 12.3 Å². The number of aromatic nitrogens is 2. The molecule has 0 saturated carbocycles. The number of carbonyl (C=O) groups is 1. The molecule has 2 aromatic rings. The minimum atomic E-state index is -0.381. The third-order valence-corrected chi connectivity index (χ3v) is 3.50. The van der Waals surface area contributed by atoms with Crippen molar-refractivity contribution >= 4 is 23.2 Å². The van der Waals surface area contributed by atoms with Crippen LogP contribution in [-0.2, 0) is 9.53 Å². The second kappa shape index (κ2) is 7.06. The zero-order valence-electron chi connectivity index (χ0n) is 12.8. The third kappa shape index (κ3) is 3.95. The van der Waals surface area contributed by atoms with E-state index >= 15 is 0 Å². The summed E-state index contributed by atoms with van der Waals surface area (Å²) in [6, 6.07) is 10.9. The zero-order chi connectivity index (χ0) is 16.1. The summed E-state index contributed by atoms with van der Waals surface area (Å²) in [6.45, 7) is 0.633. The number of benzene rings is 1. The van der Waals surface area contributed by atoms with Crippen LogP contribution >= 0.6 is 0 Å². The maximum absolute atomic E-state index is 11.9. The molecule has 1 aliphatic rings. The number of anilines is 3. The molecule has 0 bridgehead atoms. The molecule has 23 heavy (non-hydrogen) atoms. The summed E-state index contributed by atoms with van der Waals surface area (Å²) in [5.74, 6) is 1.61. The lowest BCUT2D eigenvalue weighted by molar-refractivity contribution is -0.124. The summed E-state index contributed by atoms with van der Waals surface area (Å²) in [6.07, 6.45) is 1.28. The summed E-state index contributed by atoms with van der Waals surface area (Å²) in [5.41, 5.74) is 0.872. The molecule has 120 valence electrons. The van der Waals surface area contributed by atoms with E-state index in [2.05, 4.69) is 20.8 Å². The van der Waals surface area contributed by atoms with Crippen molar-refractivity contribution in [2.45, 2.75) is 18.9 Å². The van der Waals surface area contributed by atoms with Crippen molar-refractivity contribution in [2.75, 3.05) is 24.4 Å². The summed E-state index contributed by atoms with van der Waals surface area (Å²) in [4.78, 5) is 11.9. The highest BCUT2D eigenvalue weighted by atomic mass is 16.5. The first kappa shape index (κ1) is 15.2. The molecular formula is C16H18N4O3. The number of rotatable bonds is 5. The van der Waals surface area contributed by atoms with Gasteiger partial charge in [-0.3, -0.25) is 4.79 Å². The first-order valence-corrected chi connectivity index (χ1v) is 7.42. The van der Waals surface area contributed by atoms with E-state index in [4.69, 9.17) is 9.47 Å². The Bertz CT molecular complexity index is 652. The molecule has 7 nitrogen and oxygen atoms in total. The largest absolute Gasteiger partial charge is 0.497 e. The van der Waals surface area contributed by atoms with Crippen LogP contribution in [0.2, 0.25) is 0 Å². The lowest BCUT2D eigenvalue weighted by Crippen LogP contribution is -2.27. The molecule has 1 amide bonds. The van der Waals surface area contributed by atoms with E-state index in [9.17, 15) is 4.79 Å². The molecule has 2 N–H and O–H groups in total. The SMILES string of the molecule is COc1ccc(Nc2ccc(NC(=O)C3CCCO3)nn2)cc1. The van der Waals surface area contributed by atoms with Crippen LogP contribution in [0.25, 0.3) is 0 Å². The van der Waals surface area contributed by atoms with Gasteiger partial charge in [0.1, 0.15) is 11.9 Å². The molecule has 1 fully saturated rings. The Morgan fingerprint density at radius 2 is 1.91 bits per heavy atom. The van der Waals surface area contributed by atoms with Gasteiger partial charge in [-0.15, -0.1) is 10.2 Å². The molecule has 7 heteroatoms. The van der Waals surface area contributed by atoms with Gasteiger partial charge in [0.05, 0.1) is 7.11 Å². The zero-order valence-corrected chi connectivity index (χ0v) is 12.8. The third-order valence-electron chi connectivity index (χ3n) is 3.50. The van der Waals surface area contributed by atoms with Crippen LogP contribution in [0.15, 0.2) is 36.4 Å². The maximum atomic E-state index is 11.9. The average Bonchev–Trinajstić information content (AvgIpc) is 3.12. The highest BCUT2D eigenvalue weighted by molar-refractivity contribution is 5.93. The minimum Gasteiger partial charge on any atom is -0.497 e. The molecule has 1 aromatic carbocycles. The number of ether oxygens (including phenoxy) is 2. The molecule has 0 aliphatic carbocycles. The second-order valence-electron chi connectivity index (χ2n) is 5.15. The van der Waals surface area contributed by atoms with Crippen LogP contribution in [0.5, 0.6) is 5.75 Å². The van der Waals surface area contributed by atoms with Gasteiger partial charge in [-0.25, -0.2) is 0 Å². The first-order valence-electron chi connectivity index (χ1n) is 7.42. The quantitative estimate of drug-likeness (QED) is 0.881. The van der Waals surface area contributed by atoms with Crippen LogP contribution in [0, 0.1) is 0 Å². The molecule has 0 spiro atoms. The lowest BCUT2D eigenvalue weighted by Gasteiger charge is -2.10. The summed E-state index contributed by atoms with van der Waals surface area (Å²) in [7, 11) is 1.62. The van der Waals surface area contributed by atoms with Crippen molar-refractivity contribution in [1.82, 2.24) is 10.2 Å². The number of nitrogens with zero attached hydrogens (tertiary/aromatic N) is 2. The molecule has 1 unspecified atom stereocenters. The van der Waals surface area contributed by atoms with Crippen molar-refractivity contribution < 1.29 is 14.3 Å². The molecular weight excluding hydrogens is 296 g/mol. The van der Waals surface area contributed by atoms with E-state index < -0.39 is 0 Å². The van der Waals surface area contributed by atoms with Crippen LogP contribution in [0.4, 0.5) is 17.3 Å². The Balaban J connectivity index is 1.58. The van der Waals surface area contributed by atoms with Gasteiger partial charge < -0.3 is 20.1 Å². The number of methoxy groups -OCH3 is 1. The van der Waals surface area contributed by atoms with Gasteiger partial charge in [-0.05, 0) is 49.2 Å². The number of hydrogen-bond acceptors (Lipinski definition) is 6. The highest BCUT2D eigenvalue weighted by Gasteiger charge is 2.23. The smallest absolute Gasteiger partial charge is 0.254 e. The van der Waals surface area contributed by atoms with Crippen molar-refractivity contribution in [3.63, 3.8) is 0 Å². The van der Waals surface area contributed by atoms with Gasteiger partial charge in [-0.1, -0.05) is 0 Å². The van der Waals surface area contributed by atoms with Crippen molar-refractivity contribution in [2.24, 2.45) is 0 Å². The van der Waals surface area contributed by atoms with E-state index in [1.807, 2.05) is 24.3 Å². The fourth-order valence-corrected chi connectivity index (χ4v) is 2.28. The van der Waals surface area contributed by atoms with Crippen molar-refractivity contribution in [3.05, 3.63) is 36.4 Å². The number of hydrogen-bond donors (Lipinski definition) is 2. The Hall–Kier alpha value is -2.67. The fourth-order valence-electron chi connectivity index (χ4n) is 2.28. The van der Waals surface area contributed by atoms with Crippen LogP contribution in [0.3, 0.4) is 0 Å². The predicted molar refractivity (Wildman–Crippen MR) is 85.9 cm³/mol. The standard InChI is InChI=1S/C16H18N4O3/c1-22-12-6-4-11(5-7-12)17-14-8-9-15(20-19-14)18-16(21)13-3-2-10-23-13/h4-9,13H,2-3,10H2,1H3,(H,17,19)(H,18,20,21). The lowest BCUT2D eigenvalue weighted by atomic mass is 10.2. The van der Waals surface area contributed by atoms with Crippen molar-refractivity contribution in [1.29, 1.82) is 0 Å². The van der Waals surface area contributed by atoms with E-state index in [1.54, 1.807) is 19.2 Å². The monoisotopic (exact) mass is 314 g/mol. The Labute approximate surface area is 134 Å². The predicted octanol–water partition coefficient (Wildman–Crippen LogP) is 2.35. The van der Waals surface area contributed by atoms with E-state index in [0.717, 1.165) is 24.3 Å². The average molecular weight is 314 g/mol. The normalized spacial score (nSPS) is 16.8. The van der Waals surface area contributed by atoms with Gasteiger partial charge >= 0.3 is 0 Å². The molecule has 1 aliphatic heterocycles. The summed E-state index contributed by atoms with van der Waals surface area (Å²) < 4.78 is 10.4.